The molecule has 0 unspecified atom stereocenters. The number of benzene rings is 2. The van der Waals surface area contributed by atoms with Gasteiger partial charge in [0.1, 0.15) is 23.0 Å². The minimum atomic E-state index is -0.924. The van der Waals surface area contributed by atoms with Gasteiger partial charge < -0.3 is 5.32 Å². The van der Waals surface area contributed by atoms with Crippen LogP contribution in [0.3, 0.4) is 0 Å². The van der Waals surface area contributed by atoms with Crippen molar-refractivity contribution in [1.82, 2.24) is 5.32 Å². The van der Waals surface area contributed by atoms with E-state index < -0.39 is 23.1 Å². The smallest absolute Gasteiger partial charge is 0.262 e. The minimum Gasteiger partial charge on any atom is -0.308 e. The highest BCUT2D eigenvalue weighted by atomic mass is 35.5. The number of anilines is 1. The zero-order valence-electron chi connectivity index (χ0n) is 12.2. The first kappa shape index (κ1) is 16.7. The van der Waals surface area contributed by atoms with Crippen molar-refractivity contribution in [1.29, 1.82) is 0 Å². The Morgan fingerprint density at radius 1 is 1.12 bits per heavy atom. The maximum absolute atomic E-state index is 13.6. The van der Waals surface area contributed by atoms with Crippen molar-refractivity contribution in [3.8, 4) is 0 Å². The van der Waals surface area contributed by atoms with Gasteiger partial charge in [0.2, 0.25) is 0 Å². The van der Waals surface area contributed by atoms with Crippen molar-refractivity contribution in [2.24, 2.45) is 5.10 Å². The molecule has 8 heteroatoms. The topological polar surface area (TPSA) is 44.7 Å². The van der Waals surface area contributed by atoms with Crippen LogP contribution in [0.1, 0.15) is 16.8 Å². The van der Waals surface area contributed by atoms with E-state index in [2.05, 4.69) is 10.4 Å². The van der Waals surface area contributed by atoms with E-state index in [1.807, 2.05) is 0 Å². The molecule has 2 aromatic carbocycles. The van der Waals surface area contributed by atoms with E-state index in [0.717, 1.165) is 12.1 Å². The van der Waals surface area contributed by atoms with E-state index in [1.54, 1.807) is 23.2 Å². The fourth-order valence-corrected chi connectivity index (χ4v) is 2.58. The highest BCUT2D eigenvalue weighted by Crippen LogP contribution is 2.28. The van der Waals surface area contributed by atoms with Gasteiger partial charge in [0.25, 0.3) is 5.91 Å². The fourth-order valence-electron chi connectivity index (χ4n) is 2.29. The number of amidine groups is 1. The highest BCUT2D eigenvalue weighted by Gasteiger charge is 2.22. The molecule has 0 saturated carbocycles. The molecule has 1 N–H and O–H groups in total. The number of hydrogen-bond donors (Lipinski definition) is 1. The molecule has 0 spiro atoms. The van der Waals surface area contributed by atoms with Gasteiger partial charge in [0.15, 0.2) is 0 Å². The second-order valence-corrected chi connectivity index (χ2v) is 5.88. The van der Waals surface area contributed by atoms with Crippen molar-refractivity contribution in [3.63, 3.8) is 0 Å². The van der Waals surface area contributed by atoms with Crippen LogP contribution in [0.25, 0.3) is 0 Å². The summed E-state index contributed by atoms with van der Waals surface area (Å²) in [6.45, 7) is 0.493. The van der Waals surface area contributed by atoms with Crippen LogP contribution in [-0.2, 0) is 0 Å². The average molecular weight is 370 g/mol. The standard InChI is InChI=1S/C16H11Cl2F2N3O/c17-10-5-4-9(8-11(10)18)23-7-6-14(22-23)21-16(24)15-12(19)2-1-3-13(15)20/h1-5,8H,6-7H2,(H,21,22,24). The second-order valence-electron chi connectivity index (χ2n) is 5.07. The van der Waals surface area contributed by atoms with Crippen molar-refractivity contribution in [2.75, 3.05) is 11.6 Å². The molecule has 0 aromatic heterocycles. The predicted molar refractivity (Wildman–Crippen MR) is 89.7 cm³/mol. The first-order valence-electron chi connectivity index (χ1n) is 7.01. The van der Waals surface area contributed by atoms with Crippen LogP contribution in [0, 0.1) is 11.6 Å². The van der Waals surface area contributed by atoms with Crippen LogP contribution in [0.15, 0.2) is 41.5 Å². The maximum Gasteiger partial charge on any atom is 0.262 e. The van der Waals surface area contributed by atoms with E-state index in [4.69, 9.17) is 23.2 Å². The summed E-state index contributed by atoms with van der Waals surface area (Å²) in [5.41, 5.74) is 0.0684. The molecule has 124 valence electrons. The number of nitrogens with one attached hydrogen (secondary N) is 1. The summed E-state index contributed by atoms with van der Waals surface area (Å²) in [4.78, 5) is 12.1. The van der Waals surface area contributed by atoms with Gasteiger partial charge in [-0.3, -0.25) is 9.80 Å². The lowest BCUT2D eigenvalue weighted by atomic mass is 10.2. The summed E-state index contributed by atoms with van der Waals surface area (Å²) in [5, 5.41) is 9.09. The number of rotatable bonds is 2. The van der Waals surface area contributed by atoms with Crippen LogP contribution in [0.4, 0.5) is 14.5 Å². The quantitative estimate of drug-likeness (QED) is 0.860. The van der Waals surface area contributed by atoms with Gasteiger partial charge in [0, 0.05) is 13.0 Å². The van der Waals surface area contributed by atoms with Crippen LogP contribution in [-0.4, -0.2) is 18.3 Å². The SMILES string of the molecule is O=C(NC1=NN(c2ccc(Cl)c(Cl)c2)CC1)c1c(F)cccc1F. The summed E-state index contributed by atoms with van der Waals surface area (Å²) < 4.78 is 27.2. The normalized spacial score (nSPS) is 13.8. The molecule has 24 heavy (non-hydrogen) atoms. The molecule has 1 amide bonds. The lowest BCUT2D eigenvalue weighted by molar-refractivity contribution is 0.0968. The number of halogens is 4. The van der Waals surface area contributed by atoms with Gasteiger partial charge in [-0.1, -0.05) is 29.3 Å². The largest absolute Gasteiger partial charge is 0.308 e. The van der Waals surface area contributed by atoms with Crippen molar-refractivity contribution < 1.29 is 13.6 Å². The van der Waals surface area contributed by atoms with Crippen LogP contribution in [0.2, 0.25) is 10.0 Å². The molecule has 0 saturated heterocycles. The van der Waals surface area contributed by atoms with Gasteiger partial charge in [0.05, 0.1) is 15.7 Å². The Morgan fingerprint density at radius 2 is 1.83 bits per heavy atom. The van der Waals surface area contributed by atoms with Crippen LogP contribution >= 0.6 is 23.2 Å². The molecule has 0 bridgehead atoms. The van der Waals surface area contributed by atoms with E-state index in [1.165, 1.54) is 6.07 Å². The van der Waals surface area contributed by atoms with Crippen molar-refractivity contribution in [3.05, 3.63) is 63.6 Å². The Labute approximate surface area is 146 Å². The second kappa shape index (κ2) is 6.75. The summed E-state index contributed by atoms with van der Waals surface area (Å²) in [6, 6.07) is 8.27. The van der Waals surface area contributed by atoms with Gasteiger partial charge in [-0.25, -0.2) is 8.78 Å². The average Bonchev–Trinajstić information content (AvgIpc) is 2.98. The minimum absolute atomic E-state index is 0.314. The lowest BCUT2D eigenvalue weighted by Gasteiger charge is -2.13. The van der Waals surface area contributed by atoms with Gasteiger partial charge in [-0.2, -0.15) is 5.10 Å². The van der Waals surface area contributed by atoms with Gasteiger partial charge in [-0.05, 0) is 30.3 Å². The molecule has 0 fully saturated rings. The van der Waals surface area contributed by atoms with Crippen LogP contribution in [0.5, 0.6) is 0 Å². The number of nitrogens with zero attached hydrogens (tertiary/aromatic N) is 2. The molecular weight excluding hydrogens is 359 g/mol. The zero-order chi connectivity index (χ0) is 17.3. The van der Waals surface area contributed by atoms with E-state index >= 15 is 0 Å². The molecule has 1 aliphatic rings. The monoisotopic (exact) mass is 369 g/mol. The summed E-state index contributed by atoms with van der Waals surface area (Å²) in [5.74, 6) is -2.41. The molecule has 3 rings (SSSR count). The number of carbonyl (C=O) groups is 1. The summed E-state index contributed by atoms with van der Waals surface area (Å²) >= 11 is 11.8. The van der Waals surface area contributed by atoms with E-state index in [-0.39, 0.29) is 0 Å². The fraction of sp³-hybridized carbons (Fsp3) is 0.125. The first-order valence-corrected chi connectivity index (χ1v) is 7.77. The van der Waals surface area contributed by atoms with E-state index in [9.17, 15) is 13.6 Å². The van der Waals surface area contributed by atoms with Gasteiger partial charge in [-0.15, -0.1) is 0 Å². The number of amides is 1. The molecule has 0 atom stereocenters. The lowest BCUT2D eigenvalue weighted by Crippen LogP contribution is -2.30. The first-order chi connectivity index (χ1) is 11.5. The van der Waals surface area contributed by atoms with Gasteiger partial charge >= 0.3 is 0 Å². The molecule has 1 heterocycles. The molecule has 4 nitrogen and oxygen atoms in total. The number of carbonyl (C=O) groups excluding carboxylic acids is 1. The Hall–Kier alpha value is -2.18. The Kier molecular flexibility index (Phi) is 4.69. The number of hydrogen-bond acceptors (Lipinski definition) is 3. The molecule has 0 radical (unpaired) electrons. The zero-order valence-corrected chi connectivity index (χ0v) is 13.7. The molecule has 1 aliphatic heterocycles. The number of hydrazone groups is 1. The Bertz CT molecular complexity index is 822. The molecule has 2 aromatic rings. The third-order valence-corrected chi connectivity index (χ3v) is 4.19. The summed E-state index contributed by atoms with van der Waals surface area (Å²) in [6.07, 6.45) is 0.419. The summed E-state index contributed by atoms with van der Waals surface area (Å²) in [7, 11) is 0. The molecule has 0 aliphatic carbocycles. The van der Waals surface area contributed by atoms with Crippen molar-refractivity contribution in [2.45, 2.75) is 6.42 Å². The Morgan fingerprint density at radius 3 is 2.50 bits per heavy atom. The Balaban J connectivity index is 1.77. The third-order valence-electron chi connectivity index (χ3n) is 3.45. The van der Waals surface area contributed by atoms with E-state index in [0.29, 0.717) is 34.5 Å². The third kappa shape index (κ3) is 3.34. The maximum atomic E-state index is 13.6. The van der Waals surface area contributed by atoms with Crippen LogP contribution < -0.4 is 10.3 Å². The van der Waals surface area contributed by atoms with Crippen molar-refractivity contribution >= 4 is 40.6 Å². The predicted octanol–water partition coefficient (Wildman–Crippen LogP) is 4.23. The molecular formula is C16H11Cl2F2N3O. The highest BCUT2D eigenvalue weighted by molar-refractivity contribution is 6.42.